The van der Waals surface area contributed by atoms with Gasteiger partial charge in [-0.3, -0.25) is 9.69 Å². The van der Waals surface area contributed by atoms with E-state index in [-0.39, 0.29) is 11.9 Å². The Morgan fingerprint density at radius 2 is 1.96 bits per heavy atom. The summed E-state index contributed by atoms with van der Waals surface area (Å²) >= 11 is 1.75. The maximum absolute atomic E-state index is 12.4. The highest BCUT2D eigenvalue weighted by molar-refractivity contribution is 7.18. The van der Waals surface area contributed by atoms with E-state index in [2.05, 4.69) is 22.3 Å². The molecule has 1 aliphatic rings. The molecule has 2 heterocycles. The first-order valence-corrected chi connectivity index (χ1v) is 9.51. The molecule has 0 radical (unpaired) electrons. The lowest BCUT2D eigenvalue weighted by molar-refractivity contribution is -0.122. The van der Waals surface area contributed by atoms with Gasteiger partial charge in [0.1, 0.15) is 5.01 Å². The first kappa shape index (κ1) is 16.2. The van der Waals surface area contributed by atoms with Crippen molar-refractivity contribution in [1.29, 1.82) is 0 Å². The lowest BCUT2D eigenvalue weighted by Gasteiger charge is -2.22. The highest BCUT2D eigenvalue weighted by atomic mass is 32.1. The summed E-state index contributed by atoms with van der Waals surface area (Å²) in [6.45, 7) is 1.98. The normalized spacial score (nSPS) is 17.8. The van der Waals surface area contributed by atoms with E-state index in [9.17, 15) is 4.79 Å². The molecule has 2 aromatic carbocycles. The zero-order valence-corrected chi connectivity index (χ0v) is 14.8. The summed E-state index contributed by atoms with van der Waals surface area (Å²) in [6, 6.07) is 18.5. The van der Waals surface area contributed by atoms with Gasteiger partial charge in [0, 0.05) is 6.54 Å². The third-order valence-electron chi connectivity index (χ3n) is 4.64. The number of carbonyl (C=O) groups is 1. The standard InChI is InChI=1S/C20H21N3OS/c24-19(21-13-15-7-2-1-3-8-15)14-23-12-6-10-17(23)20-22-16-9-4-5-11-18(16)25-20/h1-5,7-9,11,17H,6,10,12-14H2,(H,21,24). The van der Waals surface area contributed by atoms with Crippen molar-refractivity contribution in [1.82, 2.24) is 15.2 Å². The Bertz CT molecular complexity index is 829. The zero-order chi connectivity index (χ0) is 17.1. The van der Waals surface area contributed by atoms with Crippen molar-refractivity contribution in [2.45, 2.75) is 25.4 Å². The van der Waals surface area contributed by atoms with Crippen LogP contribution in [0.1, 0.15) is 29.5 Å². The largest absolute Gasteiger partial charge is 0.351 e. The van der Waals surface area contributed by atoms with Gasteiger partial charge in [-0.15, -0.1) is 11.3 Å². The van der Waals surface area contributed by atoms with Gasteiger partial charge in [-0.25, -0.2) is 4.98 Å². The highest BCUT2D eigenvalue weighted by Gasteiger charge is 2.29. The Hall–Kier alpha value is -2.24. The van der Waals surface area contributed by atoms with Crippen LogP contribution in [0.3, 0.4) is 0 Å². The monoisotopic (exact) mass is 351 g/mol. The number of fused-ring (bicyclic) bond motifs is 1. The van der Waals surface area contributed by atoms with E-state index in [4.69, 9.17) is 4.98 Å². The number of nitrogens with one attached hydrogen (secondary N) is 1. The Kier molecular flexibility index (Phi) is 4.76. The molecule has 1 aliphatic heterocycles. The maximum atomic E-state index is 12.4. The third kappa shape index (κ3) is 3.72. The minimum atomic E-state index is 0.0804. The molecule has 0 saturated carbocycles. The number of hydrogen-bond donors (Lipinski definition) is 1. The van der Waals surface area contributed by atoms with Gasteiger partial charge in [-0.05, 0) is 37.1 Å². The van der Waals surface area contributed by atoms with Crippen LogP contribution in [0.2, 0.25) is 0 Å². The van der Waals surface area contributed by atoms with E-state index in [0.717, 1.165) is 35.5 Å². The number of nitrogens with zero attached hydrogens (tertiary/aromatic N) is 2. The van der Waals surface area contributed by atoms with Gasteiger partial charge in [0.2, 0.25) is 5.91 Å². The first-order valence-electron chi connectivity index (χ1n) is 8.70. The quantitative estimate of drug-likeness (QED) is 0.761. The number of carbonyl (C=O) groups excluding carboxylic acids is 1. The number of amides is 1. The van der Waals surface area contributed by atoms with Crippen LogP contribution in [-0.4, -0.2) is 28.9 Å². The lowest BCUT2D eigenvalue weighted by atomic mass is 10.2. The van der Waals surface area contributed by atoms with Crippen molar-refractivity contribution >= 4 is 27.5 Å². The van der Waals surface area contributed by atoms with Crippen molar-refractivity contribution in [3.8, 4) is 0 Å². The third-order valence-corrected chi connectivity index (χ3v) is 5.78. The molecule has 4 rings (SSSR count). The predicted octanol–water partition coefficient (Wildman–Crippen LogP) is 3.75. The molecule has 25 heavy (non-hydrogen) atoms. The fraction of sp³-hybridized carbons (Fsp3) is 0.300. The molecule has 0 spiro atoms. The topological polar surface area (TPSA) is 45.2 Å². The maximum Gasteiger partial charge on any atom is 0.234 e. The first-order chi connectivity index (χ1) is 12.3. The van der Waals surface area contributed by atoms with E-state index in [1.807, 2.05) is 42.5 Å². The van der Waals surface area contributed by atoms with E-state index in [1.165, 1.54) is 4.70 Å². The summed E-state index contributed by atoms with van der Waals surface area (Å²) in [5.74, 6) is 0.0804. The number of rotatable bonds is 5. The van der Waals surface area contributed by atoms with Crippen LogP contribution in [0.25, 0.3) is 10.2 Å². The van der Waals surface area contributed by atoms with Crippen molar-refractivity contribution in [3.63, 3.8) is 0 Å². The number of aromatic nitrogens is 1. The van der Waals surface area contributed by atoms with E-state index in [1.54, 1.807) is 11.3 Å². The predicted molar refractivity (Wildman–Crippen MR) is 101 cm³/mol. The molecular formula is C20H21N3OS. The molecule has 3 aromatic rings. The fourth-order valence-corrected chi connectivity index (χ4v) is 4.50. The SMILES string of the molecule is O=C(CN1CCCC1c1nc2ccccc2s1)NCc1ccccc1. The molecule has 128 valence electrons. The molecular weight excluding hydrogens is 330 g/mol. The molecule has 1 aromatic heterocycles. The van der Waals surface area contributed by atoms with Crippen molar-refractivity contribution in [3.05, 3.63) is 65.2 Å². The minimum Gasteiger partial charge on any atom is -0.351 e. The van der Waals surface area contributed by atoms with Gasteiger partial charge < -0.3 is 5.32 Å². The molecule has 1 amide bonds. The summed E-state index contributed by atoms with van der Waals surface area (Å²) in [6.07, 6.45) is 2.19. The van der Waals surface area contributed by atoms with Gasteiger partial charge in [-0.2, -0.15) is 0 Å². The lowest BCUT2D eigenvalue weighted by Crippen LogP contribution is -2.36. The van der Waals surface area contributed by atoms with Crippen LogP contribution in [0.15, 0.2) is 54.6 Å². The van der Waals surface area contributed by atoms with Crippen molar-refractivity contribution < 1.29 is 4.79 Å². The molecule has 0 aliphatic carbocycles. The van der Waals surface area contributed by atoms with E-state index >= 15 is 0 Å². The van der Waals surface area contributed by atoms with Crippen LogP contribution in [0.5, 0.6) is 0 Å². The summed E-state index contributed by atoms with van der Waals surface area (Å²) in [5, 5.41) is 4.16. The van der Waals surface area contributed by atoms with Crippen LogP contribution in [0, 0.1) is 0 Å². The summed E-state index contributed by atoms with van der Waals surface area (Å²) in [4.78, 5) is 19.4. The Balaban J connectivity index is 1.40. The van der Waals surface area contributed by atoms with Crippen LogP contribution in [-0.2, 0) is 11.3 Å². The molecule has 1 atom stereocenters. The van der Waals surface area contributed by atoms with Crippen molar-refractivity contribution in [2.24, 2.45) is 0 Å². The van der Waals surface area contributed by atoms with Crippen LogP contribution < -0.4 is 5.32 Å². The molecule has 0 bridgehead atoms. The Labute approximate surface area is 151 Å². The van der Waals surface area contributed by atoms with E-state index in [0.29, 0.717) is 13.1 Å². The second kappa shape index (κ2) is 7.33. The second-order valence-corrected chi connectivity index (χ2v) is 7.47. The second-order valence-electron chi connectivity index (χ2n) is 6.41. The molecule has 1 unspecified atom stereocenters. The van der Waals surface area contributed by atoms with Crippen LogP contribution in [0.4, 0.5) is 0 Å². The van der Waals surface area contributed by atoms with E-state index < -0.39 is 0 Å². The number of para-hydroxylation sites is 1. The number of hydrogen-bond acceptors (Lipinski definition) is 4. The average Bonchev–Trinajstić information content (AvgIpc) is 3.27. The van der Waals surface area contributed by atoms with Gasteiger partial charge in [-0.1, -0.05) is 42.5 Å². The Morgan fingerprint density at radius 3 is 2.80 bits per heavy atom. The molecule has 5 heteroatoms. The summed E-state index contributed by atoms with van der Waals surface area (Å²) in [5.41, 5.74) is 2.18. The number of benzene rings is 2. The molecule has 1 saturated heterocycles. The average molecular weight is 351 g/mol. The zero-order valence-electron chi connectivity index (χ0n) is 14.0. The fourth-order valence-electron chi connectivity index (χ4n) is 3.36. The van der Waals surface area contributed by atoms with Crippen molar-refractivity contribution in [2.75, 3.05) is 13.1 Å². The van der Waals surface area contributed by atoms with Gasteiger partial charge in [0.25, 0.3) is 0 Å². The number of likely N-dealkylation sites (tertiary alicyclic amines) is 1. The van der Waals surface area contributed by atoms with Crippen LogP contribution >= 0.6 is 11.3 Å². The molecule has 1 N–H and O–H groups in total. The molecule has 4 nitrogen and oxygen atoms in total. The molecule has 1 fully saturated rings. The highest BCUT2D eigenvalue weighted by Crippen LogP contribution is 2.36. The summed E-state index contributed by atoms with van der Waals surface area (Å²) in [7, 11) is 0. The van der Waals surface area contributed by atoms with Gasteiger partial charge in [0.05, 0.1) is 22.8 Å². The minimum absolute atomic E-state index is 0.0804. The van der Waals surface area contributed by atoms with Gasteiger partial charge in [0.15, 0.2) is 0 Å². The smallest absolute Gasteiger partial charge is 0.234 e. The van der Waals surface area contributed by atoms with Gasteiger partial charge >= 0.3 is 0 Å². The number of thiazole rings is 1. The Morgan fingerprint density at radius 1 is 1.16 bits per heavy atom. The summed E-state index contributed by atoms with van der Waals surface area (Å²) < 4.78 is 1.22.